The fraction of sp³-hybridized carbons (Fsp3) is 0.438. The lowest BCUT2D eigenvalue weighted by Crippen LogP contribution is -2.39. The average molecular weight is 303 g/mol. The van der Waals surface area contributed by atoms with Gasteiger partial charge in [-0.2, -0.15) is 5.10 Å². The number of amides is 2. The second-order valence-electron chi connectivity index (χ2n) is 5.58. The molecule has 2 N–H and O–H groups in total. The molecule has 6 heteroatoms. The Labute approximate surface area is 129 Å². The highest BCUT2D eigenvalue weighted by Crippen LogP contribution is 2.18. The number of benzene rings is 1. The van der Waals surface area contributed by atoms with E-state index in [9.17, 15) is 9.59 Å². The van der Waals surface area contributed by atoms with Gasteiger partial charge in [-0.15, -0.1) is 0 Å². The number of hydrazone groups is 1. The van der Waals surface area contributed by atoms with Crippen molar-refractivity contribution in [3.8, 4) is 5.75 Å². The van der Waals surface area contributed by atoms with Crippen molar-refractivity contribution in [2.75, 3.05) is 0 Å². The number of rotatable bonds is 5. The molecule has 0 bridgehead atoms. The number of hydrogen-bond acceptors (Lipinski definition) is 4. The van der Waals surface area contributed by atoms with Crippen LogP contribution < -0.4 is 15.5 Å². The van der Waals surface area contributed by atoms with Crippen molar-refractivity contribution in [2.24, 2.45) is 5.10 Å². The molecule has 0 radical (unpaired) electrons. The molecule has 0 unspecified atom stereocenters. The lowest BCUT2D eigenvalue weighted by molar-refractivity contribution is -0.139. The van der Waals surface area contributed by atoms with E-state index in [-0.39, 0.29) is 12.1 Å². The van der Waals surface area contributed by atoms with Crippen LogP contribution in [-0.2, 0) is 9.59 Å². The number of nitrogens with zero attached hydrogens (tertiary/aromatic N) is 1. The van der Waals surface area contributed by atoms with E-state index in [2.05, 4.69) is 15.8 Å². The Balaban J connectivity index is 1.90. The molecule has 6 nitrogen and oxygen atoms in total. The van der Waals surface area contributed by atoms with Crippen molar-refractivity contribution >= 4 is 17.5 Å². The summed E-state index contributed by atoms with van der Waals surface area (Å²) >= 11 is 0. The molecule has 0 aliphatic heterocycles. The zero-order valence-electron chi connectivity index (χ0n) is 13.1. The maximum atomic E-state index is 11.6. The molecular weight excluding hydrogens is 282 g/mol. The van der Waals surface area contributed by atoms with Crippen LogP contribution in [0.1, 0.15) is 39.2 Å². The molecule has 0 heterocycles. The van der Waals surface area contributed by atoms with Gasteiger partial charge in [-0.25, -0.2) is 5.43 Å². The summed E-state index contributed by atoms with van der Waals surface area (Å²) in [5.74, 6) is -0.606. The third-order valence-electron chi connectivity index (χ3n) is 3.09. The Hall–Kier alpha value is -2.37. The Morgan fingerprint density at radius 2 is 1.82 bits per heavy atom. The number of carbonyl (C=O) groups excluding carboxylic acids is 2. The second kappa shape index (κ2) is 7.06. The molecule has 2 rings (SSSR count). The van der Waals surface area contributed by atoms with Crippen molar-refractivity contribution in [1.82, 2.24) is 10.7 Å². The molecule has 1 saturated carbocycles. The number of nitrogens with one attached hydrogen (secondary N) is 2. The monoisotopic (exact) mass is 303 g/mol. The lowest BCUT2D eigenvalue weighted by atomic mass is 10.1. The van der Waals surface area contributed by atoms with Gasteiger partial charge < -0.3 is 10.1 Å². The standard InChI is InChI=1S/C16H21N3O3/c1-10(2)22-14-8-4-12(5-9-14)11(3)18-19-16(21)15(20)17-13-6-7-13/h4-5,8-10,13H,6-7H2,1-3H3,(H,17,20)(H,19,21)/b18-11-. The van der Waals surface area contributed by atoms with Gasteiger partial charge in [0.1, 0.15) is 5.75 Å². The molecule has 0 atom stereocenters. The summed E-state index contributed by atoms with van der Waals surface area (Å²) in [6.45, 7) is 5.68. The summed E-state index contributed by atoms with van der Waals surface area (Å²) in [7, 11) is 0. The van der Waals surface area contributed by atoms with Crippen LogP contribution in [0.5, 0.6) is 5.75 Å². The molecular formula is C16H21N3O3. The summed E-state index contributed by atoms with van der Waals surface area (Å²) < 4.78 is 5.56. The molecule has 1 aliphatic rings. The zero-order valence-corrected chi connectivity index (χ0v) is 13.1. The Morgan fingerprint density at radius 1 is 1.18 bits per heavy atom. The predicted molar refractivity (Wildman–Crippen MR) is 83.7 cm³/mol. The van der Waals surface area contributed by atoms with E-state index in [1.54, 1.807) is 6.92 Å². The summed E-state index contributed by atoms with van der Waals surface area (Å²) in [4.78, 5) is 23.0. The van der Waals surface area contributed by atoms with Gasteiger partial charge in [-0.05, 0) is 63.4 Å². The third-order valence-corrected chi connectivity index (χ3v) is 3.09. The molecule has 118 valence electrons. The largest absolute Gasteiger partial charge is 0.491 e. The lowest BCUT2D eigenvalue weighted by Gasteiger charge is -2.10. The topological polar surface area (TPSA) is 79.8 Å². The smallest absolute Gasteiger partial charge is 0.329 e. The van der Waals surface area contributed by atoms with Gasteiger partial charge in [0.05, 0.1) is 11.8 Å². The van der Waals surface area contributed by atoms with Crippen LogP contribution in [0.15, 0.2) is 29.4 Å². The molecule has 22 heavy (non-hydrogen) atoms. The van der Waals surface area contributed by atoms with Crippen molar-refractivity contribution in [3.05, 3.63) is 29.8 Å². The summed E-state index contributed by atoms with van der Waals surface area (Å²) in [5.41, 5.74) is 3.73. The Bertz CT molecular complexity index is 575. The van der Waals surface area contributed by atoms with Gasteiger partial charge in [0.2, 0.25) is 0 Å². The third kappa shape index (κ3) is 4.87. The Kier molecular flexibility index (Phi) is 5.14. The first-order chi connectivity index (χ1) is 10.5. The van der Waals surface area contributed by atoms with E-state index in [4.69, 9.17) is 4.74 Å². The highest BCUT2D eigenvalue weighted by molar-refractivity contribution is 6.35. The first-order valence-corrected chi connectivity index (χ1v) is 7.38. The van der Waals surface area contributed by atoms with Crippen LogP contribution in [0.3, 0.4) is 0 Å². The molecule has 1 aromatic rings. The Morgan fingerprint density at radius 3 is 2.36 bits per heavy atom. The molecule has 1 aliphatic carbocycles. The van der Waals surface area contributed by atoms with E-state index in [0.717, 1.165) is 24.2 Å². The van der Waals surface area contributed by atoms with Crippen LogP contribution in [-0.4, -0.2) is 29.7 Å². The minimum atomic E-state index is -0.744. The number of hydrogen-bond donors (Lipinski definition) is 2. The second-order valence-corrected chi connectivity index (χ2v) is 5.58. The molecule has 0 saturated heterocycles. The zero-order chi connectivity index (χ0) is 16.1. The van der Waals surface area contributed by atoms with Gasteiger partial charge in [-0.1, -0.05) is 0 Å². The fourth-order valence-corrected chi connectivity index (χ4v) is 1.78. The maximum absolute atomic E-state index is 11.6. The van der Waals surface area contributed by atoms with Gasteiger partial charge in [-0.3, -0.25) is 9.59 Å². The molecule has 0 aromatic heterocycles. The summed E-state index contributed by atoms with van der Waals surface area (Å²) in [5, 5.41) is 6.56. The van der Waals surface area contributed by atoms with Crippen LogP contribution in [0.25, 0.3) is 0 Å². The molecule has 1 fully saturated rings. The predicted octanol–water partition coefficient (Wildman–Crippen LogP) is 1.59. The quantitative estimate of drug-likeness (QED) is 0.492. The van der Waals surface area contributed by atoms with E-state index in [0.29, 0.717) is 5.71 Å². The molecule has 0 spiro atoms. The van der Waals surface area contributed by atoms with Gasteiger partial charge in [0.25, 0.3) is 0 Å². The van der Waals surface area contributed by atoms with Crippen molar-refractivity contribution in [1.29, 1.82) is 0 Å². The minimum absolute atomic E-state index is 0.116. The number of ether oxygens (including phenoxy) is 1. The maximum Gasteiger partial charge on any atom is 0.329 e. The first kappa shape index (κ1) is 16.0. The normalized spacial score (nSPS) is 14.6. The van der Waals surface area contributed by atoms with E-state index in [1.165, 1.54) is 0 Å². The average Bonchev–Trinajstić information content (AvgIpc) is 3.28. The van der Waals surface area contributed by atoms with Crippen molar-refractivity contribution in [2.45, 2.75) is 45.8 Å². The summed E-state index contributed by atoms with van der Waals surface area (Å²) in [6.07, 6.45) is 1.99. The van der Waals surface area contributed by atoms with Crippen molar-refractivity contribution < 1.29 is 14.3 Å². The highest BCUT2D eigenvalue weighted by atomic mass is 16.5. The van der Waals surface area contributed by atoms with E-state index < -0.39 is 11.8 Å². The van der Waals surface area contributed by atoms with Gasteiger partial charge in [0, 0.05) is 6.04 Å². The SMILES string of the molecule is C/C(=N/NC(=O)C(=O)NC1CC1)c1ccc(OC(C)C)cc1. The molecule has 2 amide bonds. The first-order valence-electron chi connectivity index (χ1n) is 7.38. The van der Waals surface area contributed by atoms with Crippen LogP contribution >= 0.6 is 0 Å². The number of carbonyl (C=O) groups is 2. The van der Waals surface area contributed by atoms with Gasteiger partial charge >= 0.3 is 11.8 Å². The van der Waals surface area contributed by atoms with E-state index >= 15 is 0 Å². The van der Waals surface area contributed by atoms with Gasteiger partial charge in [0.15, 0.2) is 0 Å². The fourth-order valence-electron chi connectivity index (χ4n) is 1.78. The van der Waals surface area contributed by atoms with E-state index in [1.807, 2.05) is 38.1 Å². The molecule has 1 aromatic carbocycles. The minimum Gasteiger partial charge on any atom is -0.491 e. The van der Waals surface area contributed by atoms with Crippen molar-refractivity contribution in [3.63, 3.8) is 0 Å². The highest BCUT2D eigenvalue weighted by Gasteiger charge is 2.26. The summed E-state index contributed by atoms with van der Waals surface area (Å²) in [6, 6.07) is 7.54. The van der Waals surface area contributed by atoms with Crippen LogP contribution in [0, 0.1) is 0 Å². The van der Waals surface area contributed by atoms with Crippen LogP contribution in [0.2, 0.25) is 0 Å². The van der Waals surface area contributed by atoms with Crippen LogP contribution in [0.4, 0.5) is 0 Å².